The lowest BCUT2D eigenvalue weighted by molar-refractivity contribution is -0.385. The lowest BCUT2D eigenvalue weighted by Gasteiger charge is -2.36. The van der Waals surface area contributed by atoms with E-state index in [0.717, 1.165) is 11.4 Å². The van der Waals surface area contributed by atoms with Crippen LogP contribution < -0.4 is 9.64 Å². The third-order valence-corrected chi connectivity index (χ3v) is 4.74. The number of nitrogens with zero attached hydrogens (tertiary/aromatic N) is 3. The first-order chi connectivity index (χ1) is 12.5. The van der Waals surface area contributed by atoms with Crippen molar-refractivity contribution >= 4 is 17.3 Å². The van der Waals surface area contributed by atoms with Crippen LogP contribution in [0.2, 0.25) is 0 Å². The predicted molar refractivity (Wildman–Crippen MR) is 98.9 cm³/mol. The number of carbonyl (C=O) groups is 1. The molecule has 0 aliphatic carbocycles. The molecule has 136 valence electrons. The summed E-state index contributed by atoms with van der Waals surface area (Å²) >= 11 is 0. The topological polar surface area (TPSA) is 75.9 Å². The van der Waals surface area contributed by atoms with Crippen LogP contribution in [0.25, 0.3) is 0 Å². The molecule has 2 aromatic rings. The molecule has 2 aromatic carbocycles. The van der Waals surface area contributed by atoms with Crippen LogP contribution in [-0.2, 0) is 0 Å². The van der Waals surface area contributed by atoms with Crippen LogP contribution in [0, 0.1) is 17.0 Å². The normalized spacial score (nSPS) is 14.2. The molecular formula is C19H21N3O4. The molecule has 1 heterocycles. The fourth-order valence-corrected chi connectivity index (χ4v) is 3.18. The summed E-state index contributed by atoms with van der Waals surface area (Å²) in [6, 6.07) is 12.5. The second-order valence-corrected chi connectivity index (χ2v) is 6.18. The highest BCUT2D eigenvalue weighted by atomic mass is 16.6. The smallest absolute Gasteiger partial charge is 0.273 e. The molecule has 1 aliphatic rings. The zero-order chi connectivity index (χ0) is 18.7. The molecule has 7 heteroatoms. The van der Waals surface area contributed by atoms with Crippen molar-refractivity contribution in [3.63, 3.8) is 0 Å². The van der Waals surface area contributed by atoms with Crippen molar-refractivity contribution in [2.75, 3.05) is 38.2 Å². The highest BCUT2D eigenvalue weighted by Gasteiger charge is 2.25. The van der Waals surface area contributed by atoms with Crippen LogP contribution in [0.4, 0.5) is 11.4 Å². The Morgan fingerprint density at radius 1 is 1.08 bits per heavy atom. The number of hydrogen-bond donors (Lipinski definition) is 0. The maximum Gasteiger partial charge on any atom is 0.273 e. The number of methoxy groups -OCH3 is 1. The Hall–Kier alpha value is -3.09. The lowest BCUT2D eigenvalue weighted by atomic mass is 10.1. The van der Waals surface area contributed by atoms with E-state index in [9.17, 15) is 14.9 Å². The first-order valence-corrected chi connectivity index (χ1v) is 8.43. The van der Waals surface area contributed by atoms with E-state index >= 15 is 0 Å². The van der Waals surface area contributed by atoms with Crippen molar-refractivity contribution in [2.45, 2.75) is 6.92 Å². The second-order valence-electron chi connectivity index (χ2n) is 6.18. The SMILES string of the molecule is COc1ccc(N2CCN(C(=O)c3cccc([N+](=O)[O-])c3C)CC2)cc1. The second kappa shape index (κ2) is 7.43. The summed E-state index contributed by atoms with van der Waals surface area (Å²) in [6.07, 6.45) is 0. The fourth-order valence-electron chi connectivity index (χ4n) is 3.18. The van der Waals surface area contributed by atoms with E-state index in [4.69, 9.17) is 4.74 Å². The first-order valence-electron chi connectivity index (χ1n) is 8.43. The van der Waals surface area contributed by atoms with Crippen LogP contribution in [-0.4, -0.2) is 49.0 Å². The number of carbonyl (C=O) groups excluding carboxylic acids is 1. The van der Waals surface area contributed by atoms with Crippen molar-refractivity contribution in [3.8, 4) is 5.75 Å². The largest absolute Gasteiger partial charge is 0.497 e. The Morgan fingerprint density at radius 2 is 1.73 bits per heavy atom. The van der Waals surface area contributed by atoms with E-state index in [1.807, 2.05) is 24.3 Å². The average Bonchev–Trinajstić information content (AvgIpc) is 2.67. The van der Waals surface area contributed by atoms with E-state index < -0.39 is 4.92 Å². The number of nitro benzene ring substituents is 1. The summed E-state index contributed by atoms with van der Waals surface area (Å²) < 4.78 is 5.17. The highest BCUT2D eigenvalue weighted by molar-refractivity contribution is 5.96. The van der Waals surface area contributed by atoms with Gasteiger partial charge >= 0.3 is 0 Å². The molecule has 0 saturated carbocycles. The van der Waals surface area contributed by atoms with Gasteiger partial charge in [0.15, 0.2) is 0 Å². The molecule has 7 nitrogen and oxygen atoms in total. The number of ether oxygens (including phenoxy) is 1. The third-order valence-electron chi connectivity index (χ3n) is 4.74. The van der Waals surface area contributed by atoms with E-state index in [1.54, 1.807) is 31.1 Å². The molecule has 1 fully saturated rings. The van der Waals surface area contributed by atoms with Gasteiger partial charge in [-0.25, -0.2) is 0 Å². The third kappa shape index (κ3) is 3.46. The van der Waals surface area contributed by atoms with Gasteiger partial charge in [-0.3, -0.25) is 14.9 Å². The Labute approximate surface area is 151 Å². The molecule has 0 aromatic heterocycles. The highest BCUT2D eigenvalue weighted by Crippen LogP contribution is 2.24. The van der Waals surface area contributed by atoms with Crippen molar-refractivity contribution in [3.05, 3.63) is 63.7 Å². The summed E-state index contributed by atoms with van der Waals surface area (Å²) in [5.41, 5.74) is 1.88. The van der Waals surface area contributed by atoms with E-state index in [-0.39, 0.29) is 11.6 Å². The van der Waals surface area contributed by atoms with Crippen molar-refractivity contribution in [1.82, 2.24) is 4.90 Å². The van der Waals surface area contributed by atoms with Gasteiger partial charge in [0.1, 0.15) is 5.75 Å². The summed E-state index contributed by atoms with van der Waals surface area (Å²) in [6.45, 7) is 4.21. The fraction of sp³-hybridized carbons (Fsp3) is 0.316. The van der Waals surface area contributed by atoms with Crippen LogP contribution in [0.1, 0.15) is 15.9 Å². The van der Waals surface area contributed by atoms with Crippen molar-refractivity contribution < 1.29 is 14.5 Å². The Bertz CT molecular complexity index is 812. The van der Waals surface area contributed by atoms with Gasteiger partial charge in [-0.15, -0.1) is 0 Å². The monoisotopic (exact) mass is 355 g/mol. The standard InChI is InChI=1S/C19H21N3O4/c1-14-17(4-3-5-18(14)22(24)25)19(23)21-12-10-20(11-13-21)15-6-8-16(26-2)9-7-15/h3-9H,10-13H2,1-2H3. The van der Waals surface area contributed by atoms with Crippen molar-refractivity contribution in [2.24, 2.45) is 0 Å². The van der Waals surface area contributed by atoms with Gasteiger partial charge in [-0.05, 0) is 37.3 Å². The van der Waals surface area contributed by atoms with Gasteiger partial charge in [0.25, 0.3) is 11.6 Å². The van der Waals surface area contributed by atoms with E-state index in [0.29, 0.717) is 37.3 Å². The van der Waals surface area contributed by atoms with Gasteiger partial charge < -0.3 is 14.5 Å². The minimum atomic E-state index is -0.451. The number of rotatable bonds is 4. The van der Waals surface area contributed by atoms with E-state index in [1.165, 1.54) is 6.07 Å². The van der Waals surface area contributed by atoms with E-state index in [2.05, 4.69) is 4.90 Å². The maximum atomic E-state index is 12.8. The Balaban J connectivity index is 1.69. The quantitative estimate of drug-likeness (QED) is 0.623. The summed E-state index contributed by atoms with van der Waals surface area (Å²) in [5.74, 6) is 0.657. The molecule has 0 unspecified atom stereocenters. The van der Waals surface area contributed by atoms with Gasteiger partial charge in [0.2, 0.25) is 0 Å². The van der Waals surface area contributed by atoms with Crippen molar-refractivity contribution in [1.29, 1.82) is 0 Å². The molecule has 0 N–H and O–H groups in total. The number of amides is 1. The zero-order valence-corrected chi connectivity index (χ0v) is 14.8. The molecule has 3 rings (SSSR count). The lowest BCUT2D eigenvalue weighted by Crippen LogP contribution is -2.49. The number of nitro groups is 1. The van der Waals surface area contributed by atoms with Gasteiger partial charge in [-0.2, -0.15) is 0 Å². The molecule has 0 bridgehead atoms. The number of hydrogen-bond acceptors (Lipinski definition) is 5. The summed E-state index contributed by atoms with van der Waals surface area (Å²) in [4.78, 5) is 27.4. The molecule has 1 amide bonds. The van der Waals surface area contributed by atoms with Crippen LogP contribution >= 0.6 is 0 Å². The molecular weight excluding hydrogens is 334 g/mol. The van der Waals surface area contributed by atoms with Gasteiger partial charge in [-0.1, -0.05) is 6.07 Å². The van der Waals surface area contributed by atoms with Crippen LogP contribution in [0.15, 0.2) is 42.5 Å². The Morgan fingerprint density at radius 3 is 2.31 bits per heavy atom. The number of benzene rings is 2. The molecule has 26 heavy (non-hydrogen) atoms. The van der Waals surface area contributed by atoms with Crippen LogP contribution in [0.3, 0.4) is 0 Å². The summed E-state index contributed by atoms with van der Waals surface area (Å²) in [7, 11) is 1.63. The molecule has 0 atom stereocenters. The maximum absolute atomic E-state index is 12.8. The molecule has 0 radical (unpaired) electrons. The Kier molecular flexibility index (Phi) is 5.06. The molecule has 0 spiro atoms. The van der Waals surface area contributed by atoms with Gasteiger partial charge in [0, 0.05) is 49.1 Å². The molecule has 1 aliphatic heterocycles. The van der Waals surface area contributed by atoms with Crippen LogP contribution in [0.5, 0.6) is 5.75 Å². The minimum absolute atomic E-state index is 0.0206. The molecule has 1 saturated heterocycles. The predicted octanol–water partition coefficient (Wildman–Crippen LogP) is 2.87. The van der Waals surface area contributed by atoms with Gasteiger partial charge in [0.05, 0.1) is 12.0 Å². The minimum Gasteiger partial charge on any atom is -0.497 e. The summed E-state index contributed by atoms with van der Waals surface area (Å²) in [5, 5.41) is 11.1. The zero-order valence-electron chi connectivity index (χ0n) is 14.8. The average molecular weight is 355 g/mol. The number of anilines is 1. The first kappa shape index (κ1) is 17.7. The number of piperazine rings is 1.